The predicted molar refractivity (Wildman–Crippen MR) is 101 cm³/mol. The number of fused-ring (bicyclic) bond motifs is 2. The van der Waals surface area contributed by atoms with E-state index in [4.69, 9.17) is 0 Å². The first kappa shape index (κ1) is 17.1. The van der Waals surface area contributed by atoms with Crippen LogP contribution in [0.1, 0.15) is 16.5 Å². The number of non-ortho nitro benzene ring substituents is 2. The molecule has 0 aliphatic carbocycles. The molecular weight excluding hydrogens is 420 g/mol. The fourth-order valence-corrected chi connectivity index (χ4v) is 3.33. The number of halogens is 1. The largest absolute Gasteiger partial charge is 0.342 e. The molecule has 0 radical (unpaired) electrons. The van der Waals surface area contributed by atoms with Gasteiger partial charge in [0, 0.05) is 30.7 Å². The quantitative estimate of drug-likeness (QED) is 0.278. The van der Waals surface area contributed by atoms with Crippen molar-refractivity contribution >= 4 is 49.4 Å². The molecule has 27 heavy (non-hydrogen) atoms. The second kappa shape index (κ2) is 6.43. The number of nitro groups is 2. The topological polar surface area (TPSA) is 144 Å². The van der Waals surface area contributed by atoms with Gasteiger partial charge in [-0.15, -0.1) is 0 Å². The number of nitro benzene ring substituents is 2. The first-order chi connectivity index (χ1) is 12.9. The average Bonchev–Trinajstić information content (AvgIpc) is 3.23. The van der Waals surface area contributed by atoms with Crippen LogP contribution < -0.4 is 0 Å². The van der Waals surface area contributed by atoms with Crippen LogP contribution in [0.4, 0.5) is 11.4 Å². The lowest BCUT2D eigenvalue weighted by atomic mass is 10.3. The minimum absolute atomic E-state index is 0.00743. The summed E-state index contributed by atoms with van der Waals surface area (Å²) in [6.45, 7) is 0. The van der Waals surface area contributed by atoms with Crippen LogP contribution in [0.5, 0.6) is 0 Å². The lowest BCUT2D eigenvalue weighted by Crippen LogP contribution is -1.99. The van der Waals surface area contributed by atoms with E-state index in [1.807, 2.05) is 0 Å². The average molecular weight is 431 g/mol. The number of nitrogens with one attached hydrogen (secondary N) is 2. The Hall–Kier alpha value is -3.34. The zero-order valence-corrected chi connectivity index (χ0v) is 15.1. The molecule has 0 spiro atoms. The van der Waals surface area contributed by atoms with E-state index in [1.54, 1.807) is 12.1 Å². The van der Waals surface area contributed by atoms with Crippen LogP contribution in [0.3, 0.4) is 0 Å². The van der Waals surface area contributed by atoms with E-state index in [2.05, 4.69) is 35.9 Å². The maximum atomic E-state index is 10.9. The van der Waals surface area contributed by atoms with Crippen LogP contribution in [0.2, 0.25) is 0 Å². The van der Waals surface area contributed by atoms with Crippen LogP contribution in [0.15, 0.2) is 36.4 Å². The van der Waals surface area contributed by atoms with Gasteiger partial charge in [-0.2, -0.15) is 0 Å². The minimum atomic E-state index is -0.459. The summed E-state index contributed by atoms with van der Waals surface area (Å²) in [6.07, 6.45) is 0.449. The van der Waals surface area contributed by atoms with E-state index >= 15 is 0 Å². The van der Waals surface area contributed by atoms with Crippen LogP contribution in [0.25, 0.3) is 22.1 Å². The summed E-state index contributed by atoms with van der Waals surface area (Å²) in [5.41, 5.74) is 2.40. The number of benzene rings is 2. The number of aromatic amines is 2. The Morgan fingerprint density at radius 1 is 0.926 bits per heavy atom. The van der Waals surface area contributed by atoms with E-state index < -0.39 is 9.85 Å². The highest BCUT2D eigenvalue weighted by molar-refractivity contribution is 9.09. The number of rotatable bonds is 5. The molecule has 0 amide bonds. The molecule has 0 unspecified atom stereocenters. The number of H-pyrrole nitrogens is 2. The highest BCUT2D eigenvalue weighted by Crippen LogP contribution is 2.28. The molecule has 0 fully saturated rings. The fourth-order valence-electron chi connectivity index (χ4n) is 2.81. The molecule has 11 heteroatoms. The van der Waals surface area contributed by atoms with E-state index in [-0.39, 0.29) is 16.2 Å². The second-order valence-corrected chi connectivity index (χ2v) is 7.00. The summed E-state index contributed by atoms with van der Waals surface area (Å²) in [4.78, 5) is 35.6. The van der Waals surface area contributed by atoms with Crippen molar-refractivity contribution in [3.8, 4) is 0 Å². The van der Waals surface area contributed by atoms with Crippen molar-refractivity contribution in [2.45, 2.75) is 11.2 Å². The predicted octanol–water partition coefficient (Wildman–Crippen LogP) is 3.93. The molecule has 10 nitrogen and oxygen atoms in total. The van der Waals surface area contributed by atoms with E-state index in [1.165, 1.54) is 24.3 Å². The van der Waals surface area contributed by atoms with Gasteiger partial charge in [-0.25, -0.2) is 9.97 Å². The van der Waals surface area contributed by atoms with Crippen LogP contribution in [-0.4, -0.2) is 29.8 Å². The zero-order valence-electron chi connectivity index (χ0n) is 13.5. The van der Waals surface area contributed by atoms with Crippen LogP contribution >= 0.6 is 15.9 Å². The molecule has 0 aliphatic rings. The van der Waals surface area contributed by atoms with E-state index in [9.17, 15) is 20.2 Å². The molecule has 136 valence electrons. The summed E-state index contributed by atoms with van der Waals surface area (Å²) >= 11 is 3.55. The van der Waals surface area contributed by atoms with Gasteiger partial charge in [-0.1, -0.05) is 15.9 Å². The number of hydrogen-bond donors (Lipinski definition) is 2. The summed E-state index contributed by atoms with van der Waals surface area (Å²) in [7, 11) is 0. The smallest absolute Gasteiger partial charge is 0.271 e. The van der Waals surface area contributed by atoms with Crippen molar-refractivity contribution in [2.24, 2.45) is 0 Å². The molecule has 0 saturated carbocycles. The third-order valence-corrected chi connectivity index (χ3v) is 4.85. The lowest BCUT2D eigenvalue weighted by Gasteiger charge is -2.03. The first-order valence-corrected chi connectivity index (χ1v) is 8.73. The fraction of sp³-hybridized carbons (Fsp3) is 0.125. The van der Waals surface area contributed by atoms with Gasteiger partial charge in [0.05, 0.1) is 36.7 Å². The summed E-state index contributed by atoms with van der Waals surface area (Å²) in [5.74, 6) is 1.25. The molecule has 4 rings (SSSR count). The Bertz CT molecular complexity index is 1200. The summed E-state index contributed by atoms with van der Waals surface area (Å²) in [6, 6.07) is 8.87. The van der Waals surface area contributed by atoms with Crippen molar-refractivity contribution in [1.29, 1.82) is 0 Å². The molecule has 0 aliphatic heterocycles. The third kappa shape index (κ3) is 3.24. The summed E-state index contributed by atoms with van der Waals surface area (Å²) in [5, 5.41) is 21.8. The first-order valence-electron chi connectivity index (χ1n) is 7.82. The Morgan fingerprint density at radius 3 is 2.07 bits per heavy atom. The van der Waals surface area contributed by atoms with E-state index in [0.29, 0.717) is 40.1 Å². The van der Waals surface area contributed by atoms with Gasteiger partial charge in [-0.05, 0) is 12.1 Å². The molecule has 2 heterocycles. The van der Waals surface area contributed by atoms with Crippen molar-refractivity contribution < 1.29 is 9.85 Å². The molecule has 4 aromatic rings. The molecule has 2 aromatic heterocycles. The maximum absolute atomic E-state index is 10.9. The molecular formula is C16H11BrN6O4. The van der Waals surface area contributed by atoms with Gasteiger partial charge in [-0.3, -0.25) is 20.2 Å². The van der Waals surface area contributed by atoms with Gasteiger partial charge >= 0.3 is 0 Å². The Kier molecular flexibility index (Phi) is 4.07. The normalized spacial score (nSPS) is 12.5. The van der Waals surface area contributed by atoms with Crippen molar-refractivity contribution in [1.82, 2.24) is 19.9 Å². The minimum Gasteiger partial charge on any atom is -0.342 e. The van der Waals surface area contributed by atoms with Gasteiger partial charge < -0.3 is 9.97 Å². The van der Waals surface area contributed by atoms with E-state index in [0.717, 1.165) is 0 Å². The molecule has 2 aromatic carbocycles. The number of hydrogen-bond acceptors (Lipinski definition) is 6. The molecule has 0 bridgehead atoms. The van der Waals surface area contributed by atoms with Gasteiger partial charge in [0.1, 0.15) is 11.6 Å². The van der Waals surface area contributed by atoms with Crippen LogP contribution in [-0.2, 0) is 6.42 Å². The zero-order chi connectivity index (χ0) is 19.1. The highest BCUT2D eigenvalue weighted by Gasteiger charge is 2.18. The molecule has 2 N–H and O–H groups in total. The molecule has 0 saturated heterocycles. The van der Waals surface area contributed by atoms with Gasteiger partial charge in [0.15, 0.2) is 0 Å². The van der Waals surface area contributed by atoms with Crippen LogP contribution in [0, 0.1) is 20.2 Å². The summed E-state index contributed by atoms with van der Waals surface area (Å²) < 4.78 is 0. The van der Waals surface area contributed by atoms with Crippen molar-refractivity contribution in [2.75, 3.05) is 0 Å². The maximum Gasteiger partial charge on any atom is 0.271 e. The lowest BCUT2D eigenvalue weighted by molar-refractivity contribution is -0.384. The van der Waals surface area contributed by atoms with Crippen molar-refractivity contribution in [3.05, 3.63) is 68.3 Å². The SMILES string of the molecule is O=[N+]([O-])c1ccc2nc(C[C@H](Br)c3nc4ccc([N+](=O)[O-])cc4[nH]3)[nH]c2c1. The number of nitrogens with zero attached hydrogens (tertiary/aromatic N) is 4. The standard InChI is InChI=1S/C16H11BrN6O4/c17-10(16-20-12-4-2-9(23(26)27)6-14(12)21-16)7-15-18-11-3-1-8(22(24)25)5-13(11)19-15/h1-6,10H,7H2,(H,18,19)(H,20,21)/t10-/m0/s1. The Labute approximate surface area is 159 Å². The monoisotopic (exact) mass is 430 g/mol. The second-order valence-electron chi connectivity index (χ2n) is 5.89. The van der Waals surface area contributed by atoms with Gasteiger partial charge in [0.2, 0.25) is 0 Å². The Balaban J connectivity index is 1.60. The number of aromatic nitrogens is 4. The third-order valence-electron chi connectivity index (χ3n) is 4.09. The highest BCUT2D eigenvalue weighted by atomic mass is 79.9. The van der Waals surface area contributed by atoms with Crippen molar-refractivity contribution in [3.63, 3.8) is 0 Å². The number of imidazole rings is 2. The number of alkyl halides is 1. The molecule has 1 atom stereocenters. The van der Waals surface area contributed by atoms with Gasteiger partial charge in [0.25, 0.3) is 11.4 Å². The Morgan fingerprint density at radius 2 is 1.48 bits per heavy atom.